The first-order valence-electron chi connectivity index (χ1n) is 4.27. The normalized spacial score (nSPS) is 10.4. The highest BCUT2D eigenvalue weighted by molar-refractivity contribution is 5.25. The summed E-state index contributed by atoms with van der Waals surface area (Å²) in [6.07, 6.45) is 0.851. The van der Waals surface area contributed by atoms with Crippen LogP contribution in [-0.4, -0.2) is 23.4 Å². The second-order valence-electron chi connectivity index (χ2n) is 2.87. The summed E-state index contributed by atoms with van der Waals surface area (Å²) in [5.41, 5.74) is 1.40. The molecular formula is C10H13FO2. The fourth-order valence-corrected chi connectivity index (χ4v) is 1.22. The summed E-state index contributed by atoms with van der Waals surface area (Å²) < 4.78 is 13.0. The van der Waals surface area contributed by atoms with Crippen LogP contribution in [0.3, 0.4) is 0 Å². The minimum Gasteiger partial charge on any atom is -0.396 e. The van der Waals surface area contributed by atoms with Crippen LogP contribution in [0.4, 0.5) is 4.39 Å². The van der Waals surface area contributed by atoms with Crippen molar-refractivity contribution in [2.45, 2.75) is 12.8 Å². The lowest BCUT2D eigenvalue weighted by Crippen LogP contribution is -1.98. The molecule has 1 rings (SSSR count). The fraction of sp³-hybridized carbons (Fsp3) is 0.400. The zero-order valence-corrected chi connectivity index (χ0v) is 7.33. The second-order valence-corrected chi connectivity index (χ2v) is 2.87. The summed E-state index contributed by atoms with van der Waals surface area (Å²) in [6.45, 7) is 0.00367. The van der Waals surface area contributed by atoms with E-state index in [9.17, 15) is 4.39 Å². The molecule has 0 atom stereocenters. The molecule has 0 aliphatic rings. The average molecular weight is 184 g/mol. The van der Waals surface area contributed by atoms with Gasteiger partial charge in [0.2, 0.25) is 0 Å². The van der Waals surface area contributed by atoms with Crippen molar-refractivity contribution in [3.8, 4) is 0 Å². The molecule has 0 saturated heterocycles. The first kappa shape index (κ1) is 10.2. The van der Waals surface area contributed by atoms with Gasteiger partial charge in [0.1, 0.15) is 5.82 Å². The number of benzene rings is 1. The van der Waals surface area contributed by atoms with Gasteiger partial charge in [-0.3, -0.25) is 0 Å². The van der Waals surface area contributed by atoms with Crippen molar-refractivity contribution in [1.82, 2.24) is 0 Å². The molecule has 1 aromatic rings. The van der Waals surface area contributed by atoms with Gasteiger partial charge < -0.3 is 10.2 Å². The topological polar surface area (TPSA) is 40.5 Å². The van der Waals surface area contributed by atoms with Crippen LogP contribution in [0.25, 0.3) is 0 Å². The Morgan fingerprint density at radius 3 is 2.38 bits per heavy atom. The summed E-state index contributed by atoms with van der Waals surface area (Å²) in [7, 11) is 0. The van der Waals surface area contributed by atoms with Crippen molar-refractivity contribution in [2.75, 3.05) is 13.2 Å². The smallest absolute Gasteiger partial charge is 0.126 e. The quantitative estimate of drug-likeness (QED) is 0.729. The first-order chi connectivity index (χ1) is 6.27. The predicted molar refractivity (Wildman–Crippen MR) is 48.0 cm³/mol. The summed E-state index contributed by atoms with van der Waals surface area (Å²) in [5.74, 6) is -0.296. The van der Waals surface area contributed by atoms with Gasteiger partial charge in [-0.2, -0.15) is 0 Å². The van der Waals surface area contributed by atoms with Gasteiger partial charge in [0.15, 0.2) is 0 Å². The maximum atomic E-state index is 13.0. The van der Waals surface area contributed by atoms with E-state index in [4.69, 9.17) is 10.2 Å². The molecule has 72 valence electrons. The maximum absolute atomic E-state index is 13.0. The van der Waals surface area contributed by atoms with E-state index >= 15 is 0 Å². The molecule has 3 heteroatoms. The molecule has 0 heterocycles. The van der Waals surface area contributed by atoms with Crippen LogP contribution in [0, 0.1) is 5.82 Å². The zero-order valence-electron chi connectivity index (χ0n) is 7.33. The van der Waals surface area contributed by atoms with Gasteiger partial charge in [-0.25, -0.2) is 4.39 Å². The number of rotatable bonds is 4. The first-order valence-corrected chi connectivity index (χ1v) is 4.27. The monoisotopic (exact) mass is 184 g/mol. The molecule has 0 saturated carbocycles. The Hall–Kier alpha value is -0.930. The van der Waals surface area contributed by atoms with Gasteiger partial charge in [-0.15, -0.1) is 0 Å². The molecule has 0 aliphatic heterocycles. The van der Waals surface area contributed by atoms with Crippen molar-refractivity contribution in [1.29, 1.82) is 0 Å². The lowest BCUT2D eigenvalue weighted by molar-refractivity contribution is 0.296. The minimum atomic E-state index is -0.296. The third kappa shape index (κ3) is 2.79. The van der Waals surface area contributed by atoms with E-state index in [2.05, 4.69) is 0 Å². The number of hydrogen-bond acceptors (Lipinski definition) is 2. The van der Waals surface area contributed by atoms with Gasteiger partial charge in [0, 0.05) is 13.2 Å². The van der Waals surface area contributed by atoms with Crippen LogP contribution in [0.15, 0.2) is 18.2 Å². The number of halogens is 1. The fourth-order valence-electron chi connectivity index (χ4n) is 1.22. The van der Waals surface area contributed by atoms with Gasteiger partial charge in [0.25, 0.3) is 0 Å². The molecular weight excluding hydrogens is 171 g/mol. The molecule has 0 unspecified atom stereocenters. The Morgan fingerprint density at radius 2 is 1.77 bits per heavy atom. The van der Waals surface area contributed by atoms with E-state index in [1.165, 1.54) is 6.07 Å². The van der Waals surface area contributed by atoms with Crippen molar-refractivity contribution in [3.63, 3.8) is 0 Å². The molecule has 0 spiro atoms. The van der Waals surface area contributed by atoms with Gasteiger partial charge in [-0.1, -0.05) is 12.1 Å². The Balaban J connectivity index is 2.83. The lowest BCUT2D eigenvalue weighted by atomic mass is 10.1. The van der Waals surface area contributed by atoms with Gasteiger partial charge in [-0.05, 0) is 30.0 Å². The standard InChI is InChI=1S/C10H13FO2/c11-10-2-1-8(3-5-12)7-9(10)4-6-13/h1-2,7,12-13H,3-6H2. The van der Waals surface area contributed by atoms with Gasteiger partial charge >= 0.3 is 0 Å². The van der Waals surface area contributed by atoms with E-state index in [0.717, 1.165) is 5.56 Å². The third-order valence-corrected chi connectivity index (χ3v) is 1.89. The van der Waals surface area contributed by atoms with Crippen molar-refractivity contribution in [2.24, 2.45) is 0 Å². The molecule has 0 radical (unpaired) electrons. The van der Waals surface area contributed by atoms with Crippen molar-refractivity contribution < 1.29 is 14.6 Å². The molecule has 0 bridgehead atoms. The number of aliphatic hydroxyl groups is 2. The van der Waals surface area contributed by atoms with Crippen molar-refractivity contribution in [3.05, 3.63) is 35.1 Å². The Morgan fingerprint density at radius 1 is 1.08 bits per heavy atom. The molecule has 0 aliphatic carbocycles. The molecule has 0 amide bonds. The minimum absolute atomic E-state index is 0.0561. The van der Waals surface area contributed by atoms with Crippen LogP contribution in [0.1, 0.15) is 11.1 Å². The zero-order chi connectivity index (χ0) is 9.68. The highest BCUT2D eigenvalue weighted by Crippen LogP contribution is 2.11. The summed E-state index contributed by atoms with van der Waals surface area (Å²) in [4.78, 5) is 0. The van der Waals surface area contributed by atoms with Gasteiger partial charge in [0.05, 0.1) is 0 Å². The highest BCUT2D eigenvalue weighted by Gasteiger charge is 2.02. The van der Waals surface area contributed by atoms with Crippen LogP contribution >= 0.6 is 0 Å². The second kappa shape index (κ2) is 4.94. The van der Waals surface area contributed by atoms with E-state index < -0.39 is 0 Å². The predicted octanol–water partition coefficient (Wildman–Crippen LogP) is 0.895. The van der Waals surface area contributed by atoms with Crippen LogP contribution in [0.5, 0.6) is 0 Å². The SMILES string of the molecule is OCCc1ccc(F)c(CCO)c1. The average Bonchev–Trinajstić information content (AvgIpc) is 2.12. The Bertz CT molecular complexity index is 274. The Kier molecular flexibility index (Phi) is 3.86. The largest absolute Gasteiger partial charge is 0.396 e. The molecule has 1 aromatic carbocycles. The van der Waals surface area contributed by atoms with Crippen molar-refractivity contribution >= 4 is 0 Å². The van der Waals surface area contributed by atoms with E-state index in [-0.39, 0.29) is 19.0 Å². The summed E-state index contributed by atoms with van der Waals surface area (Å²) in [5, 5.41) is 17.3. The molecule has 0 aromatic heterocycles. The van der Waals surface area contributed by atoms with E-state index in [1.807, 2.05) is 0 Å². The maximum Gasteiger partial charge on any atom is 0.126 e. The number of aliphatic hydroxyl groups excluding tert-OH is 2. The van der Waals surface area contributed by atoms with Crippen LogP contribution in [-0.2, 0) is 12.8 Å². The molecule has 2 nitrogen and oxygen atoms in total. The number of hydrogen-bond donors (Lipinski definition) is 2. The Labute approximate surface area is 76.6 Å². The highest BCUT2D eigenvalue weighted by atomic mass is 19.1. The summed E-state index contributed by atoms with van der Waals surface area (Å²) in [6, 6.07) is 4.70. The lowest BCUT2D eigenvalue weighted by Gasteiger charge is -2.04. The third-order valence-electron chi connectivity index (χ3n) is 1.89. The van der Waals surface area contributed by atoms with Crippen LogP contribution < -0.4 is 0 Å². The molecule has 13 heavy (non-hydrogen) atoms. The van der Waals surface area contributed by atoms with E-state index in [1.54, 1.807) is 12.1 Å². The van der Waals surface area contributed by atoms with Crippen LogP contribution in [0.2, 0.25) is 0 Å². The molecule has 0 fully saturated rings. The summed E-state index contributed by atoms with van der Waals surface area (Å²) >= 11 is 0. The van der Waals surface area contributed by atoms with E-state index in [0.29, 0.717) is 18.4 Å². The molecule has 2 N–H and O–H groups in total.